The summed E-state index contributed by atoms with van der Waals surface area (Å²) in [5, 5.41) is 10.5. The van der Waals surface area contributed by atoms with Gasteiger partial charge in [-0.15, -0.1) is 0 Å². The molecule has 0 bridgehead atoms. The molecular formula is C19H18N2O. The van der Waals surface area contributed by atoms with Crippen LogP contribution >= 0.6 is 0 Å². The predicted molar refractivity (Wildman–Crippen MR) is 89.5 cm³/mol. The Kier molecular flexibility index (Phi) is 3.09. The van der Waals surface area contributed by atoms with E-state index in [0.717, 1.165) is 23.1 Å². The van der Waals surface area contributed by atoms with Crippen LogP contribution in [0.25, 0.3) is 27.7 Å². The highest BCUT2D eigenvalue weighted by Gasteiger charge is 2.15. The number of hydrogen-bond donors (Lipinski definition) is 1. The van der Waals surface area contributed by atoms with Crippen LogP contribution in [0.4, 0.5) is 0 Å². The number of fused-ring (bicyclic) bond motifs is 5. The van der Waals surface area contributed by atoms with Crippen molar-refractivity contribution in [2.75, 3.05) is 6.61 Å². The molecule has 1 aromatic heterocycles. The number of aliphatic hydroxyl groups is 1. The van der Waals surface area contributed by atoms with Crippen LogP contribution in [0.15, 0.2) is 48.8 Å². The first kappa shape index (κ1) is 13.3. The average molecular weight is 290 g/mol. The van der Waals surface area contributed by atoms with Gasteiger partial charge in [-0.05, 0) is 42.2 Å². The quantitative estimate of drug-likeness (QED) is 0.625. The first-order chi connectivity index (χ1) is 10.8. The third kappa shape index (κ3) is 1.90. The van der Waals surface area contributed by atoms with E-state index < -0.39 is 0 Å². The number of aliphatic hydroxyl groups excluding tert-OH is 1. The van der Waals surface area contributed by atoms with E-state index in [1.165, 1.54) is 22.1 Å². The van der Waals surface area contributed by atoms with E-state index >= 15 is 0 Å². The summed E-state index contributed by atoms with van der Waals surface area (Å²) in [6.07, 6.45) is 5.93. The van der Waals surface area contributed by atoms with Crippen molar-refractivity contribution in [3.8, 4) is 11.3 Å². The molecule has 3 nitrogen and oxygen atoms in total. The Morgan fingerprint density at radius 3 is 2.82 bits per heavy atom. The molecule has 0 aliphatic carbocycles. The van der Waals surface area contributed by atoms with Gasteiger partial charge in [-0.3, -0.25) is 0 Å². The van der Waals surface area contributed by atoms with Crippen molar-refractivity contribution in [2.24, 2.45) is 0 Å². The molecule has 22 heavy (non-hydrogen) atoms. The summed E-state index contributed by atoms with van der Waals surface area (Å²) >= 11 is 0. The van der Waals surface area contributed by atoms with Gasteiger partial charge in [-0.25, -0.2) is 4.98 Å². The van der Waals surface area contributed by atoms with Gasteiger partial charge in [0.15, 0.2) is 0 Å². The van der Waals surface area contributed by atoms with Gasteiger partial charge in [-0.1, -0.05) is 25.1 Å². The van der Waals surface area contributed by atoms with E-state index in [2.05, 4.69) is 54.0 Å². The molecule has 1 aromatic carbocycles. The smallest absolute Gasteiger partial charge is 0.0957 e. The van der Waals surface area contributed by atoms with Crippen molar-refractivity contribution in [1.82, 2.24) is 9.38 Å². The van der Waals surface area contributed by atoms with E-state index in [0.29, 0.717) is 6.42 Å². The van der Waals surface area contributed by atoms with E-state index in [1.807, 2.05) is 6.07 Å². The molecule has 2 aliphatic heterocycles. The zero-order valence-corrected chi connectivity index (χ0v) is 12.6. The van der Waals surface area contributed by atoms with Crippen LogP contribution < -0.4 is 0 Å². The molecule has 2 aromatic rings. The molecule has 0 saturated heterocycles. The summed E-state index contributed by atoms with van der Waals surface area (Å²) < 4.78 is 2.15. The minimum Gasteiger partial charge on any atom is -0.396 e. The summed E-state index contributed by atoms with van der Waals surface area (Å²) in [6, 6.07) is 12.6. The van der Waals surface area contributed by atoms with Gasteiger partial charge in [0.25, 0.3) is 0 Å². The molecule has 0 atom stereocenters. The zero-order valence-electron chi connectivity index (χ0n) is 12.6. The summed E-state index contributed by atoms with van der Waals surface area (Å²) in [4.78, 5) is 4.82. The fourth-order valence-corrected chi connectivity index (χ4v) is 3.26. The molecule has 0 amide bonds. The van der Waals surface area contributed by atoms with Gasteiger partial charge in [0.05, 0.1) is 16.7 Å². The number of para-hydroxylation sites is 1. The highest BCUT2D eigenvalue weighted by molar-refractivity contribution is 6.01. The Balaban J connectivity index is 2.07. The molecule has 2 aliphatic rings. The van der Waals surface area contributed by atoms with Gasteiger partial charge < -0.3 is 9.51 Å². The maximum Gasteiger partial charge on any atom is 0.0957 e. The van der Waals surface area contributed by atoms with Crippen LogP contribution in [-0.4, -0.2) is 21.1 Å². The molecule has 0 unspecified atom stereocenters. The predicted octanol–water partition coefficient (Wildman–Crippen LogP) is 3.69. The fraction of sp³-hybridized carbons (Fsp3) is 0.211. The Bertz CT molecular complexity index is 939. The van der Waals surface area contributed by atoms with E-state index in [9.17, 15) is 5.11 Å². The lowest BCUT2D eigenvalue weighted by Gasteiger charge is -2.13. The average Bonchev–Trinajstić information content (AvgIpc) is 2.93. The summed E-state index contributed by atoms with van der Waals surface area (Å²) in [6.45, 7) is 2.33. The molecule has 110 valence electrons. The molecule has 4 rings (SSSR count). The van der Waals surface area contributed by atoms with Crippen LogP contribution in [0, 0.1) is 0 Å². The van der Waals surface area contributed by atoms with E-state index in [1.54, 1.807) is 0 Å². The van der Waals surface area contributed by atoms with Crippen LogP contribution in [0.3, 0.4) is 0 Å². The van der Waals surface area contributed by atoms with E-state index in [4.69, 9.17) is 4.98 Å². The number of aryl methyl sites for hydroxylation is 1. The number of aromatic nitrogens is 2. The largest absolute Gasteiger partial charge is 0.396 e. The third-order valence-corrected chi connectivity index (χ3v) is 4.38. The molecular weight excluding hydrogens is 272 g/mol. The third-order valence-electron chi connectivity index (χ3n) is 4.38. The van der Waals surface area contributed by atoms with Gasteiger partial charge in [0, 0.05) is 30.0 Å². The molecule has 1 N–H and O–H groups in total. The number of pyridine rings is 2. The number of hydrogen-bond acceptors (Lipinski definition) is 2. The van der Waals surface area contributed by atoms with E-state index in [-0.39, 0.29) is 6.61 Å². The maximum atomic E-state index is 9.32. The summed E-state index contributed by atoms with van der Waals surface area (Å²) in [5.74, 6) is 0. The van der Waals surface area contributed by atoms with Crippen molar-refractivity contribution in [3.63, 3.8) is 0 Å². The molecule has 0 fully saturated rings. The normalized spacial score (nSPS) is 11.7. The lowest BCUT2D eigenvalue weighted by atomic mass is 10.0. The van der Waals surface area contributed by atoms with Gasteiger partial charge >= 0.3 is 0 Å². The number of nitrogens with zero attached hydrogens (tertiary/aromatic N) is 2. The topological polar surface area (TPSA) is 37.5 Å². The van der Waals surface area contributed by atoms with Crippen LogP contribution in [0.5, 0.6) is 0 Å². The first-order valence-corrected chi connectivity index (χ1v) is 7.73. The monoisotopic (exact) mass is 290 g/mol. The molecule has 3 heteroatoms. The van der Waals surface area contributed by atoms with Crippen LogP contribution in [0.1, 0.15) is 18.1 Å². The maximum absolute atomic E-state index is 9.32. The van der Waals surface area contributed by atoms with Gasteiger partial charge in [-0.2, -0.15) is 0 Å². The molecule has 0 radical (unpaired) electrons. The second-order valence-corrected chi connectivity index (χ2v) is 5.65. The first-order valence-electron chi connectivity index (χ1n) is 7.73. The number of rotatable bonds is 3. The number of benzene rings is 1. The highest BCUT2D eigenvalue weighted by atomic mass is 16.2. The Morgan fingerprint density at radius 2 is 2.00 bits per heavy atom. The van der Waals surface area contributed by atoms with Crippen molar-refractivity contribution < 1.29 is 5.11 Å². The minimum atomic E-state index is 0.176. The molecule has 3 heterocycles. The fourth-order valence-electron chi connectivity index (χ4n) is 3.26. The lowest BCUT2D eigenvalue weighted by molar-refractivity contribution is 0.299. The Labute approximate surface area is 129 Å². The van der Waals surface area contributed by atoms with Gasteiger partial charge in [0.1, 0.15) is 0 Å². The second kappa shape index (κ2) is 5.11. The molecule has 0 saturated carbocycles. The molecule has 0 spiro atoms. The van der Waals surface area contributed by atoms with Crippen molar-refractivity contribution in [1.29, 1.82) is 0 Å². The zero-order chi connectivity index (χ0) is 15.1. The van der Waals surface area contributed by atoms with Crippen molar-refractivity contribution in [2.45, 2.75) is 19.8 Å². The van der Waals surface area contributed by atoms with Gasteiger partial charge in [0.2, 0.25) is 0 Å². The lowest BCUT2D eigenvalue weighted by Crippen LogP contribution is -2.02. The summed E-state index contributed by atoms with van der Waals surface area (Å²) in [5.41, 5.74) is 6.86. The van der Waals surface area contributed by atoms with Crippen LogP contribution in [0.2, 0.25) is 0 Å². The second-order valence-electron chi connectivity index (χ2n) is 5.65. The Hall–Kier alpha value is -2.39. The van der Waals surface area contributed by atoms with Crippen LogP contribution in [-0.2, 0) is 12.8 Å². The van der Waals surface area contributed by atoms with Crippen molar-refractivity contribution >= 4 is 16.4 Å². The van der Waals surface area contributed by atoms with Crippen molar-refractivity contribution in [3.05, 3.63) is 59.9 Å². The summed E-state index contributed by atoms with van der Waals surface area (Å²) in [7, 11) is 0. The SMILES string of the molecule is CCc1cn2ccc3c4ccccc4nc-3c2cc1CCO. The Morgan fingerprint density at radius 1 is 1.14 bits per heavy atom. The minimum absolute atomic E-state index is 0.176. The standard InChI is InChI=1S/C19H18N2O/c1-2-13-12-21-9-7-16-15-5-3-4-6-17(15)20-19(16)18(21)11-14(13)8-10-22/h3-7,9,11-12,22H,2,8,10H2,1H3. The highest BCUT2D eigenvalue weighted by Crippen LogP contribution is 2.34.